The van der Waals surface area contributed by atoms with Crippen LogP contribution in [0.15, 0.2) is 103 Å². The molecule has 51 heavy (non-hydrogen) atoms. The van der Waals surface area contributed by atoms with Crippen molar-refractivity contribution in [3.05, 3.63) is 130 Å². The Morgan fingerprint density at radius 3 is 2.24 bits per heavy atom. The van der Waals surface area contributed by atoms with Gasteiger partial charge < -0.3 is 15.3 Å². The van der Waals surface area contributed by atoms with E-state index >= 15 is 4.79 Å². The van der Waals surface area contributed by atoms with E-state index < -0.39 is 70.4 Å². The first-order chi connectivity index (χ1) is 24.5. The van der Waals surface area contributed by atoms with Gasteiger partial charge in [-0.05, 0) is 67.1 Å². The number of allylic oxidation sites excluding steroid dienone is 2. The minimum absolute atomic E-state index is 0.0324. The van der Waals surface area contributed by atoms with Crippen LogP contribution >= 0.6 is 11.6 Å². The number of aromatic hydroxyl groups is 2. The second-order valence-electron chi connectivity index (χ2n) is 13.6. The summed E-state index contributed by atoms with van der Waals surface area (Å²) in [6.45, 7) is 1.75. The Morgan fingerprint density at radius 2 is 1.53 bits per heavy atom. The Bertz CT molecular complexity index is 2230. The van der Waals surface area contributed by atoms with Gasteiger partial charge in [0.05, 0.1) is 34.5 Å². The van der Waals surface area contributed by atoms with Crippen molar-refractivity contribution in [2.75, 3.05) is 9.80 Å². The summed E-state index contributed by atoms with van der Waals surface area (Å²) in [5.41, 5.74) is 0.666. The number of amides is 4. The summed E-state index contributed by atoms with van der Waals surface area (Å²) in [6, 6.07) is 24.3. The molecular weight excluding hydrogens is 672 g/mol. The average molecular weight is 703 g/mol. The van der Waals surface area contributed by atoms with E-state index in [2.05, 4.69) is 0 Å². The van der Waals surface area contributed by atoms with E-state index in [0.29, 0.717) is 33.0 Å². The van der Waals surface area contributed by atoms with Crippen LogP contribution in [0.4, 0.5) is 11.4 Å². The highest BCUT2D eigenvalue weighted by Crippen LogP contribution is 2.65. The van der Waals surface area contributed by atoms with Crippen molar-refractivity contribution in [3.63, 3.8) is 0 Å². The number of carbonyl (C=O) groups excluding carboxylic acids is 4. The number of hydrogen-bond acceptors (Lipinski definition) is 7. The average Bonchev–Trinajstić information content (AvgIpc) is 3.50. The molecule has 256 valence electrons. The van der Waals surface area contributed by atoms with Crippen LogP contribution in [0.3, 0.4) is 0 Å². The highest BCUT2D eigenvalue weighted by molar-refractivity contribution is 6.32. The lowest BCUT2D eigenvalue weighted by atomic mass is 9.49. The van der Waals surface area contributed by atoms with Crippen molar-refractivity contribution in [1.29, 1.82) is 0 Å². The summed E-state index contributed by atoms with van der Waals surface area (Å²) < 4.78 is 0. The molecule has 11 heteroatoms. The molecule has 0 unspecified atom stereocenters. The Balaban J connectivity index is 1.34. The van der Waals surface area contributed by atoms with Gasteiger partial charge in [0.1, 0.15) is 17.1 Å². The van der Waals surface area contributed by atoms with Gasteiger partial charge in [0.15, 0.2) is 0 Å². The Hall–Kier alpha value is -5.74. The molecule has 1 saturated carbocycles. The third kappa shape index (κ3) is 4.52. The predicted octanol–water partition coefficient (Wildman–Crippen LogP) is 6.12. The smallest absolute Gasteiger partial charge is 0.339 e. The summed E-state index contributed by atoms with van der Waals surface area (Å²) in [4.78, 5) is 72.3. The minimum Gasteiger partial charge on any atom is -0.507 e. The summed E-state index contributed by atoms with van der Waals surface area (Å²) in [5, 5.41) is 31.9. The predicted molar refractivity (Wildman–Crippen MR) is 186 cm³/mol. The van der Waals surface area contributed by atoms with Crippen molar-refractivity contribution < 1.29 is 39.3 Å². The molecule has 6 atom stereocenters. The Kier molecular flexibility index (Phi) is 7.43. The zero-order chi connectivity index (χ0) is 35.9. The van der Waals surface area contributed by atoms with Crippen molar-refractivity contribution in [2.24, 2.45) is 23.7 Å². The molecule has 4 aliphatic rings. The van der Waals surface area contributed by atoms with Crippen molar-refractivity contribution in [3.8, 4) is 11.5 Å². The lowest BCUT2D eigenvalue weighted by Gasteiger charge is -2.50. The molecule has 3 fully saturated rings. The van der Waals surface area contributed by atoms with Crippen LogP contribution < -0.4 is 9.80 Å². The second-order valence-corrected chi connectivity index (χ2v) is 14.1. The van der Waals surface area contributed by atoms with E-state index in [-0.39, 0.29) is 29.8 Å². The lowest BCUT2D eigenvalue weighted by Crippen LogP contribution is -2.53. The van der Waals surface area contributed by atoms with E-state index in [1.807, 2.05) is 24.3 Å². The number of imide groups is 2. The largest absolute Gasteiger partial charge is 0.507 e. The quantitative estimate of drug-likeness (QED) is 0.166. The first kappa shape index (κ1) is 32.5. The van der Waals surface area contributed by atoms with Gasteiger partial charge in [-0.3, -0.25) is 19.2 Å². The lowest BCUT2D eigenvalue weighted by molar-refractivity contribution is -0.127. The van der Waals surface area contributed by atoms with E-state index in [1.54, 1.807) is 61.5 Å². The van der Waals surface area contributed by atoms with E-state index in [1.165, 1.54) is 11.0 Å². The molecule has 0 aromatic heterocycles. The standard InChI is InChI=1S/C40H31ClN2O8/c1-20-7-5-12-28(34(20)45)33-25-15-16-27-32(37(48)42(35(27)46)24-13-14-26(38(49)50)31(44)18-24)29(25)19-30-36(47)43(23-11-6-10-22(41)17-23)39(51)40(30,33)21-8-3-2-4-9-21/h2-15,17-18,27,29-30,32-33,44-45H,16,19H2,1H3,(H,49,50)/t27-,29+,30-,32-,33+,40+/m0/s1. The first-order valence-electron chi connectivity index (χ1n) is 16.6. The number of halogens is 1. The minimum atomic E-state index is -1.54. The number of para-hydroxylation sites is 1. The molecule has 4 aromatic rings. The molecule has 10 nitrogen and oxygen atoms in total. The molecule has 2 heterocycles. The van der Waals surface area contributed by atoms with Crippen LogP contribution in [0.25, 0.3) is 0 Å². The van der Waals surface area contributed by atoms with Gasteiger partial charge in [0, 0.05) is 22.6 Å². The molecule has 2 saturated heterocycles. The second kappa shape index (κ2) is 11.7. The van der Waals surface area contributed by atoms with Crippen LogP contribution in [0.2, 0.25) is 5.02 Å². The number of aryl methyl sites for hydroxylation is 1. The van der Waals surface area contributed by atoms with E-state index in [4.69, 9.17) is 11.6 Å². The van der Waals surface area contributed by atoms with Crippen LogP contribution in [0.5, 0.6) is 11.5 Å². The number of aromatic carboxylic acids is 1. The number of carbonyl (C=O) groups is 5. The van der Waals surface area contributed by atoms with Crippen LogP contribution in [-0.2, 0) is 24.6 Å². The Labute approximate surface area is 297 Å². The fourth-order valence-corrected chi connectivity index (χ4v) is 9.28. The van der Waals surface area contributed by atoms with Gasteiger partial charge in [0.2, 0.25) is 23.6 Å². The summed E-state index contributed by atoms with van der Waals surface area (Å²) >= 11 is 6.36. The molecule has 4 aromatic carbocycles. The summed E-state index contributed by atoms with van der Waals surface area (Å²) in [7, 11) is 0. The van der Waals surface area contributed by atoms with E-state index in [9.17, 15) is 34.5 Å². The first-order valence-corrected chi connectivity index (χ1v) is 17.0. The van der Waals surface area contributed by atoms with Gasteiger partial charge in [0.25, 0.3) is 0 Å². The van der Waals surface area contributed by atoms with Gasteiger partial charge in [-0.25, -0.2) is 14.6 Å². The molecule has 4 amide bonds. The number of phenolic OH excluding ortho intramolecular Hbond substituents is 1. The number of carboxylic acids is 1. The van der Waals surface area contributed by atoms with Gasteiger partial charge in [-0.1, -0.05) is 77.8 Å². The number of hydrogen-bond donors (Lipinski definition) is 3. The van der Waals surface area contributed by atoms with E-state index in [0.717, 1.165) is 17.0 Å². The van der Waals surface area contributed by atoms with Crippen molar-refractivity contribution in [2.45, 2.75) is 31.1 Å². The van der Waals surface area contributed by atoms with Gasteiger partial charge in [-0.15, -0.1) is 0 Å². The molecule has 0 bridgehead atoms. The maximum atomic E-state index is 15.3. The molecule has 8 rings (SSSR count). The zero-order valence-corrected chi connectivity index (χ0v) is 27.9. The summed E-state index contributed by atoms with van der Waals surface area (Å²) in [6.07, 6.45) is 2.09. The van der Waals surface area contributed by atoms with Crippen molar-refractivity contribution in [1.82, 2.24) is 0 Å². The monoisotopic (exact) mass is 702 g/mol. The molecule has 3 N–H and O–H groups in total. The number of fused-ring (bicyclic) bond motifs is 4. The van der Waals surface area contributed by atoms with Crippen LogP contribution in [0, 0.1) is 30.6 Å². The van der Waals surface area contributed by atoms with Crippen molar-refractivity contribution >= 4 is 52.6 Å². The molecular formula is C40H31ClN2O8. The summed E-state index contributed by atoms with van der Waals surface area (Å²) in [5.74, 6) is -8.33. The van der Waals surface area contributed by atoms with Crippen LogP contribution in [0.1, 0.15) is 45.8 Å². The third-order valence-corrected chi connectivity index (χ3v) is 11.5. The maximum absolute atomic E-state index is 15.3. The molecule has 2 aliphatic carbocycles. The fraction of sp³-hybridized carbons (Fsp3) is 0.225. The zero-order valence-electron chi connectivity index (χ0n) is 27.2. The number of phenols is 2. The molecule has 2 aliphatic heterocycles. The van der Waals surface area contributed by atoms with Gasteiger partial charge >= 0.3 is 5.97 Å². The number of rotatable bonds is 5. The third-order valence-electron chi connectivity index (χ3n) is 11.2. The molecule has 0 radical (unpaired) electrons. The Morgan fingerprint density at radius 1 is 0.804 bits per heavy atom. The number of anilines is 2. The maximum Gasteiger partial charge on any atom is 0.339 e. The van der Waals surface area contributed by atoms with Gasteiger partial charge in [-0.2, -0.15) is 0 Å². The highest BCUT2D eigenvalue weighted by atomic mass is 35.5. The normalized spacial score (nSPS) is 26.9. The highest BCUT2D eigenvalue weighted by Gasteiger charge is 2.70. The molecule has 0 spiro atoms. The number of nitrogens with zero attached hydrogens (tertiary/aromatic N) is 2. The number of carboxylic acid groups (broad SMARTS) is 1. The fourth-order valence-electron chi connectivity index (χ4n) is 9.10. The number of benzene rings is 4. The van der Waals surface area contributed by atoms with Crippen LogP contribution in [-0.4, -0.2) is 44.9 Å². The SMILES string of the molecule is Cc1cccc([C@H]2C3=CC[C@@H]4C(=O)N(c5ccc(C(=O)O)c(O)c5)C(=O)[C@@H]4[C@@H]3C[C@H]3C(=O)N(c4cccc(Cl)c4)C(=O)[C@@]23c2ccccc2)c1O. The topological polar surface area (TPSA) is 153 Å².